The molecule has 2 saturated heterocycles. The number of halogens is 6. The number of hydrogen-bond donors (Lipinski definition) is 0. The summed E-state index contributed by atoms with van der Waals surface area (Å²) in [6.45, 7) is 11.6. The number of rotatable bonds is 8. The number of carbonyl (C=O) groups is 2. The van der Waals surface area contributed by atoms with Gasteiger partial charge in [0.1, 0.15) is 0 Å². The van der Waals surface area contributed by atoms with Gasteiger partial charge in [0, 0.05) is 20.1 Å². The van der Waals surface area contributed by atoms with Crippen LogP contribution in [-0.4, -0.2) is 52.8 Å². The second kappa shape index (κ2) is 12.3. The molecule has 0 saturated carbocycles. The van der Waals surface area contributed by atoms with E-state index < -0.39 is 53.1 Å². The molecule has 0 radical (unpaired) electrons. The molecule has 3 amide bonds. The van der Waals surface area contributed by atoms with Gasteiger partial charge in [-0.25, -0.2) is 4.79 Å². The fourth-order valence-corrected chi connectivity index (χ4v) is 6.89. The minimum Gasteiger partial charge on any atom is -0.335 e. The summed E-state index contributed by atoms with van der Waals surface area (Å²) in [6.07, 6.45) is -5.27. The van der Waals surface area contributed by atoms with Gasteiger partial charge in [-0.1, -0.05) is 43.3 Å². The van der Waals surface area contributed by atoms with E-state index in [1.54, 1.807) is 28.9 Å². The molecule has 4 rings (SSSR count). The van der Waals surface area contributed by atoms with Gasteiger partial charge in [0.15, 0.2) is 0 Å². The molecule has 2 heterocycles. The summed E-state index contributed by atoms with van der Waals surface area (Å²) in [4.78, 5) is 32.7. The van der Waals surface area contributed by atoms with Crippen LogP contribution in [0.4, 0.5) is 31.1 Å². The summed E-state index contributed by atoms with van der Waals surface area (Å²) in [5.41, 5.74) is -2.19. The van der Waals surface area contributed by atoms with Crippen molar-refractivity contribution < 1.29 is 35.9 Å². The molecular formula is C33H37F6N3O2. The van der Waals surface area contributed by atoms with Gasteiger partial charge in [0.05, 0.1) is 34.7 Å². The largest absolute Gasteiger partial charge is 0.416 e. The monoisotopic (exact) mass is 621 g/mol. The Balaban J connectivity index is 1.77. The summed E-state index contributed by atoms with van der Waals surface area (Å²) in [6, 6.07) is 6.30. The van der Waals surface area contributed by atoms with Crippen LogP contribution in [-0.2, 0) is 17.1 Å². The Morgan fingerprint density at radius 1 is 1.02 bits per heavy atom. The van der Waals surface area contributed by atoms with E-state index in [-0.39, 0.29) is 37.0 Å². The maximum atomic E-state index is 14.3. The molecule has 11 heteroatoms. The van der Waals surface area contributed by atoms with E-state index in [0.717, 1.165) is 11.1 Å². The number of carbonyl (C=O) groups excluding carboxylic acids is 2. The third-order valence-electron chi connectivity index (χ3n) is 8.97. The third-order valence-corrected chi connectivity index (χ3v) is 8.97. The highest BCUT2D eigenvalue weighted by Gasteiger charge is 2.56. The van der Waals surface area contributed by atoms with Crippen molar-refractivity contribution in [3.05, 3.63) is 95.6 Å². The van der Waals surface area contributed by atoms with Gasteiger partial charge >= 0.3 is 18.4 Å². The fourth-order valence-electron chi connectivity index (χ4n) is 6.89. The van der Waals surface area contributed by atoms with E-state index in [4.69, 9.17) is 0 Å². The maximum Gasteiger partial charge on any atom is 0.416 e. The first-order valence-corrected chi connectivity index (χ1v) is 14.5. The number of alkyl halides is 6. The predicted molar refractivity (Wildman–Crippen MR) is 155 cm³/mol. The van der Waals surface area contributed by atoms with Crippen molar-refractivity contribution in [1.82, 2.24) is 14.7 Å². The third kappa shape index (κ3) is 6.10. The summed E-state index contributed by atoms with van der Waals surface area (Å²) >= 11 is 0. The average molecular weight is 622 g/mol. The Morgan fingerprint density at radius 2 is 1.59 bits per heavy atom. The second-order valence-electron chi connectivity index (χ2n) is 11.7. The van der Waals surface area contributed by atoms with Crippen molar-refractivity contribution in [1.29, 1.82) is 0 Å². The second-order valence-corrected chi connectivity index (χ2v) is 11.7. The van der Waals surface area contributed by atoms with Crippen LogP contribution < -0.4 is 0 Å². The molecule has 2 aromatic carbocycles. The predicted octanol–water partition coefficient (Wildman–Crippen LogP) is 8.33. The van der Waals surface area contributed by atoms with E-state index >= 15 is 0 Å². The minimum atomic E-state index is -5.01. The van der Waals surface area contributed by atoms with Gasteiger partial charge in [0.2, 0.25) is 5.91 Å². The Kier molecular flexibility index (Phi) is 9.28. The number of urea groups is 1. The van der Waals surface area contributed by atoms with Gasteiger partial charge < -0.3 is 14.7 Å². The van der Waals surface area contributed by atoms with Crippen molar-refractivity contribution in [3.63, 3.8) is 0 Å². The van der Waals surface area contributed by atoms with Crippen LogP contribution in [0.3, 0.4) is 0 Å². The first kappa shape index (κ1) is 33.1. The first-order valence-electron chi connectivity index (χ1n) is 14.5. The molecule has 2 aliphatic heterocycles. The number of allylic oxidation sites excluding steroid dienone is 2. The number of hydrogen-bond acceptors (Lipinski definition) is 2. The maximum absolute atomic E-state index is 14.3. The zero-order valence-electron chi connectivity index (χ0n) is 25.0. The molecular weight excluding hydrogens is 584 g/mol. The van der Waals surface area contributed by atoms with Gasteiger partial charge in [-0.15, -0.1) is 13.2 Å². The normalized spacial score (nSPS) is 20.7. The Morgan fingerprint density at radius 3 is 2.09 bits per heavy atom. The molecule has 5 nitrogen and oxygen atoms in total. The van der Waals surface area contributed by atoms with Crippen molar-refractivity contribution >= 4 is 11.9 Å². The number of piperazine rings is 1. The number of aryl methyl sites for hydroxylation is 1. The van der Waals surface area contributed by atoms with E-state index in [1.165, 1.54) is 11.9 Å². The van der Waals surface area contributed by atoms with Crippen molar-refractivity contribution in [3.8, 4) is 0 Å². The van der Waals surface area contributed by atoms with E-state index in [0.29, 0.717) is 31.4 Å². The van der Waals surface area contributed by atoms with E-state index in [1.807, 2.05) is 31.2 Å². The number of fused-ring (bicyclic) bond motifs is 1. The van der Waals surface area contributed by atoms with Crippen molar-refractivity contribution in [2.45, 2.75) is 70.0 Å². The molecule has 0 bridgehead atoms. The highest BCUT2D eigenvalue weighted by atomic mass is 19.4. The Labute approximate surface area is 253 Å². The molecule has 0 N–H and O–H groups in total. The van der Waals surface area contributed by atoms with Crippen LogP contribution in [0.15, 0.2) is 67.8 Å². The molecule has 2 fully saturated rings. The smallest absolute Gasteiger partial charge is 0.335 e. The van der Waals surface area contributed by atoms with Crippen molar-refractivity contribution in [2.24, 2.45) is 5.41 Å². The standard InChI is InChI=1S/C33H37F6N3O2/c1-6-13-31(14-7-2)20-27-28(25-12-10-9-11-21(25)4)42(16-15-41(27)29(31)43)30(44)40(5)26(8-3)22-17-23(32(34,35)36)19-24(18-22)33(37,38)39/h6-7,9-12,17-19,26-28H,1-2,8,13-16,20H2,3-5H3/t26-,27-,28-/m0/s1. The molecule has 0 aliphatic carbocycles. The lowest BCUT2D eigenvalue weighted by Crippen LogP contribution is -2.57. The molecule has 238 valence electrons. The van der Waals surface area contributed by atoms with Gasteiger partial charge in [-0.2, -0.15) is 26.3 Å². The summed E-state index contributed by atoms with van der Waals surface area (Å²) in [5, 5.41) is 0. The van der Waals surface area contributed by atoms with Crippen LogP contribution in [0.1, 0.15) is 72.5 Å². The lowest BCUT2D eigenvalue weighted by Gasteiger charge is -2.47. The molecule has 44 heavy (non-hydrogen) atoms. The molecule has 0 spiro atoms. The molecule has 0 unspecified atom stereocenters. The summed E-state index contributed by atoms with van der Waals surface area (Å²) in [5.74, 6) is -0.0450. The number of nitrogens with zero attached hydrogens (tertiary/aromatic N) is 3. The average Bonchev–Trinajstić information content (AvgIpc) is 3.23. The lowest BCUT2D eigenvalue weighted by molar-refractivity contribution is -0.143. The fraction of sp³-hybridized carbons (Fsp3) is 0.455. The lowest BCUT2D eigenvalue weighted by atomic mass is 9.76. The first-order chi connectivity index (χ1) is 20.6. The summed E-state index contributed by atoms with van der Waals surface area (Å²) < 4.78 is 82.0. The van der Waals surface area contributed by atoms with Crippen molar-refractivity contribution in [2.75, 3.05) is 20.1 Å². The molecule has 2 aliphatic rings. The zero-order valence-corrected chi connectivity index (χ0v) is 25.0. The van der Waals surface area contributed by atoms with Crippen LogP contribution in [0.2, 0.25) is 0 Å². The number of amides is 3. The van der Waals surface area contributed by atoms with Crippen LogP contribution in [0, 0.1) is 12.3 Å². The van der Waals surface area contributed by atoms with Crippen LogP contribution >= 0.6 is 0 Å². The highest BCUT2D eigenvalue weighted by molar-refractivity contribution is 5.87. The SMILES string of the molecule is C=CCC1(CC=C)C[C@H]2[C@H](c3ccccc3C)N(C(=O)N(C)[C@@H](CC)c3cc(C(F)(F)F)cc(C(F)(F)F)c3)CCN2C1=O. The van der Waals surface area contributed by atoms with Crippen LogP contribution in [0.25, 0.3) is 0 Å². The number of benzene rings is 2. The quantitative estimate of drug-likeness (QED) is 0.220. The van der Waals surface area contributed by atoms with Gasteiger partial charge in [-0.05, 0) is 67.5 Å². The summed E-state index contributed by atoms with van der Waals surface area (Å²) in [7, 11) is 1.39. The topological polar surface area (TPSA) is 43.9 Å². The van der Waals surface area contributed by atoms with E-state index in [9.17, 15) is 35.9 Å². The Bertz CT molecular complexity index is 1380. The Hall–Kier alpha value is -3.76. The van der Waals surface area contributed by atoms with Gasteiger partial charge in [-0.3, -0.25) is 4.79 Å². The zero-order chi connectivity index (χ0) is 32.6. The highest BCUT2D eigenvalue weighted by Crippen LogP contribution is 2.50. The van der Waals surface area contributed by atoms with E-state index in [2.05, 4.69) is 13.2 Å². The van der Waals surface area contributed by atoms with Crippen LogP contribution in [0.5, 0.6) is 0 Å². The molecule has 0 aromatic heterocycles. The molecule has 3 atom stereocenters. The molecule has 2 aromatic rings. The van der Waals surface area contributed by atoms with Gasteiger partial charge in [0.25, 0.3) is 0 Å². The minimum absolute atomic E-state index is 0.0450.